The first kappa shape index (κ1) is 18.0. The summed E-state index contributed by atoms with van der Waals surface area (Å²) < 4.78 is 35.9. The van der Waals surface area contributed by atoms with Crippen molar-refractivity contribution in [3.63, 3.8) is 0 Å². The summed E-state index contributed by atoms with van der Waals surface area (Å²) in [6.45, 7) is 0.250. The Morgan fingerprint density at radius 3 is 2.50 bits per heavy atom. The maximum atomic E-state index is 12.1. The fraction of sp³-hybridized carbons (Fsp3) is 0.312. The SMILES string of the molecule is COc1ccc([C@H](CC(=O)NCc2ccco2)NS(C)(=O)=O)cc1. The van der Waals surface area contributed by atoms with E-state index in [0.29, 0.717) is 17.1 Å². The molecular weight excluding hydrogens is 332 g/mol. The lowest BCUT2D eigenvalue weighted by atomic mass is 10.0. The van der Waals surface area contributed by atoms with E-state index in [9.17, 15) is 13.2 Å². The number of benzene rings is 1. The Morgan fingerprint density at radius 1 is 1.25 bits per heavy atom. The van der Waals surface area contributed by atoms with Crippen molar-refractivity contribution in [2.24, 2.45) is 0 Å². The second-order valence-corrected chi connectivity index (χ2v) is 7.06. The second-order valence-electron chi connectivity index (χ2n) is 5.28. The van der Waals surface area contributed by atoms with E-state index >= 15 is 0 Å². The van der Waals surface area contributed by atoms with Crippen molar-refractivity contribution in [2.75, 3.05) is 13.4 Å². The molecule has 130 valence electrons. The zero-order valence-electron chi connectivity index (χ0n) is 13.5. The number of amides is 1. The third-order valence-corrected chi connectivity index (χ3v) is 4.02. The molecule has 0 aliphatic carbocycles. The summed E-state index contributed by atoms with van der Waals surface area (Å²) in [5.41, 5.74) is 0.675. The van der Waals surface area contributed by atoms with Crippen LogP contribution in [0, 0.1) is 0 Å². The van der Waals surface area contributed by atoms with Gasteiger partial charge in [-0.2, -0.15) is 0 Å². The van der Waals surface area contributed by atoms with Crippen LogP contribution in [0.2, 0.25) is 0 Å². The molecule has 1 aromatic heterocycles. The molecule has 0 spiro atoms. The number of rotatable bonds is 8. The zero-order chi connectivity index (χ0) is 17.6. The fourth-order valence-electron chi connectivity index (χ4n) is 2.18. The third-order valence-electron chi connectivity index (χ3n) is 3.30. The van der Waals surface area contributed by atoms with Gasteiger partial charge in [-0.25, -0.2) is 13.1 Å². The number of hydrogen-bond acceptors (Lipinski definition) is 5. The Hall–Kier alpha value is -2.32. The Kier molecular flexibility index (Phi) is 5.99. The molecule has 0 fully saturated rings. The minimum absolute atomic E-state index is 0.0277. The quantitative estimate of drug-likeness (QED) is 0.752. The second kappa shape index (κ2) is 7.98. The largest absolute Gasteiger partial charge is 0.497 e. The van der Waals surface area contributed by atoms with Crippen molar-refractivity contribution in [1.29, 1.82) is 0 Å². The topological polar surface area (TPSA) is 97.6 Å². The zero-order valence-corrected chi connectivity index (χ0v) is 14.3. The van der Waals surface area contributed by atoms with E-state index in [1.54, 1.807) is 43.5 Å². The molecule has 0 saturated heterocycles. The predicted molar refractivity (Wildman–Crippen MR) is 88.9 cm³/mol. The van der Waals surface area contributed by atoms with Crippen LogP contribution in [-0.2, 0) is 21.4 Å². The minimum Gasteiger partial charge on any atom is -0.497 e. The molecule has 0 unspecified atom stereocenters. The first-order valence-corrected chi connectivity index (χ1v) is 9.17. The molecule has 0 radical (unpaired) electrons. The van der Waals surface area contributed by atoms with E-state index in [2.05, 4.69) is 10.0 Å². The Morgan fingerprint density at radius 2 is 1.96 bits per heavy atom. The van der Waals surface area contributed by atoms with Crippen LogP contribution in [0.3, 0.4) is 0 Å². The molecular formula is C16H20N2O5S. The number of ether oxygens (including phenoxy) is 1. The van der Waals surface area contributed by atoms with E-state index in [1.165, 1.54) is 6.26 Å². The average molecular weight is 352 g/mol. The fourth-order valence-corrected chi connectivity index (χ4v) is 2.91. The lowest BCUT2D eigenvalue weighted by Gasteiger charge is -2.18. The van der Waals surface area contributed by atoms with Gasteiger partial charge in [-0.3, -0.25) is 4.79 Å². The van der Waals surface area contributed by atoms with Crippen molar-refractivity contribution in [1.82, 2.24) is 10.0 Å². The molecule has 0 bridgehead atoms. The molecule has 1 heterocycles. The van der Waals surface area contributed by atoms with Crippen molar-refractivity contribution in [2.45, 2.75) is 19.0 Å². The van der Waals surface area contributed by atoms with Crippen molar-refractivity contribution >= 4 is 15.9 Å². The van der Waals surface area contributed by atoms with Crippen LogP contribution >= 0.6 is 0 Å². The molecule has 2 N–H and O–H groups in total. The van der Waals surface area contributed by atoms with Crippen LogP contribution in [0.4, 0.5) is 0 Å². The summed E-state index contributed by atoms with van der Waals surface area (Å²) >= 11 is 0. The molecule has 24 heavy (non-hydrogen) atoms. The Labute approximate surface area is 141 Å². The number of carbonyl (C=O) groups excluding carboxylic acids is 1. The molecule has 0 aliphatic rings. The van der Waals surface area contributed by atoms with Crippen LogP contribution in [0.15, 0.2) is 47.1 Å². The number of methoxy groups -OCH3 is 1. The van der Waals surface area contributed by atoms with Crippen LogP contribution in [0.1, 0.15) is 23.8 Å². The number of furan rings is 1. The maximum Gasteiger partial charge on any atom is 0.222 e. The highest BCUT2D eigenvalue weighted by atomic mass is 32.2. The molecule has 1 amide bonds. The molecule has 0 aliphatic heterocycles. The molecule has 1 aromatic carbocycles. The number of nitrogens with one attached hydrogen (secondary N) is 2. The lowest BCUT2D eigenvalue weighted by Crippen LogP contribution is -2.33. The summed E-state index contributed by atoms with van der Waals surface area (Å²) in [6, 6.07) is 9.69. The van der Waals surface area contributed by atoms with E-state index in [-0.39, 0.29) is 18.9 Å². The highest BCUT2D eigenvalue weighted by Gasteiger charge is 2.20. The summed E-state index contributed by atoms with van der Waals surface area (Å²) in [7, 11) is -1.93. The van der Waals surface area contributed by atoms with Gasteiger partial charge in [-0.05, 0) is 29.8 Å². The lowest BCUT2D eigenvalue weighted by molar-refractivity contribution is -0.121. The minimum atomic E-state index is -3.47. The summed E-state index contributed by atoms with van der Waals surface area (Å²) in [5, 5.41) is 2.70. The van der Waals surface area contributed by atoms with Crippen molar-refractivity contribution < 1.29 is 22.4 Å². The summed E-state index contributed by atoms with van der Waals surface area (Å²) in [4.78, 5) is 12.1. The van der Waals surface area contributed by atoms with Gasteiger partial charge in [0.05, 0.1) is 32.2 Å². The van der Waals surface area contributed by atoms with E-state index in [0.717, 1.165) is 6.26 Å². The van der Waals surface area contributed by atoms with Gasteiger partial charge >= 0.3 is 0 Å². The monoisotopic (exact) mass is 352 g/mol. The first-order chi connectivity index (χ1) is 11.4. The van der Waals surface area contributed by atoms with Gasteiger partial charge in [0.1, 0.15) is 11.5 Å². The Bertz CT molecular complexity index is 754. The van der Waals surface area contributed by atoms with E-state index in [4.69, 9.17) is 9.15 Å². The predicted octanol–water partition coefficient (Wildman–Crippen LogP) is 1.58. The van der Waals surface area contributed by atoms with Gasteiger partial charge in [0.15, 0.2) is 0 Å². The molecule has 2 rings (SSSR count). The Balaban J connectivity index is 2.05. The highest BCUT2D eigenvalue weighted by Crippen LogP contribution is 2.21. The van der Waals surface area contributed by atoms with E-state index in [1.807, 2.05) is 0 Å². The van der Waals surface area contributed by atoms with Gasteiger partial charge in [0, 0.05) is 6.42 Å². The van der Waals surface area contributed by atoms with Crippen LogP contribution in [0.5, 0.6) is 5.75 Å². The molecule has 7 nitrogen and oxygen atoms in total. The van der Waals surface area contributed by atoms with Crippen LogP contribution in [0.25, 0.3) is 0 Å². The number of hydrogen-bond donors (Lipinski definition) is 2. The van der Waals surface area contributed by atoms with Gasteiger partial charge in [-0.1, -0.05) is 12.1 Å². The smallest absolute Gasteiger partial charge is 0.222 e. The van der Waals surface area contributed by atoms with Crippen molar-refractivity contribution in [3.05, 3.63) is 54.0 Å². The molecule has 1 atom stereocenters. The number of carbonyl (C=O) groups is 1. The van der Waals surface area contributed by atoms with Crippen molar-refractivity contribution in [3.8, 4) is 5.75 Å². The van der Waals surface area contributed by atoms with Crippen LogP contribution in [-0.4, -0.2) is 27.7 Å². The summed E-state index contributed by atoms with van der Waals surface area (Å²) in [5.74, 6) is 0.989. The molecule has 8 heteroatoms. The van der Waals surface area contributed by atoms with Gasteiger partial charge < -0.3 is 14.5 Å². The first-order valence-electron chi connectivity index (χ1n) is 7.27. The van der Waals surface area contributed by atoms with Gasteiger partial charge in [-0.15, -0.1) is 0 Å². The van der Waals surface area contributed by atoms with E-state index < -0.39 is 16.1 Å². The molecule has 0 saturated carbocycles. The third kappa shape index (κ3) is 5.71. The maximum absolute atomic E-state index is 12.1. The summed E-state index contributed by atoms with van der Waals surface area (Å²) in [6.07, 6.45) is 2.55. The number of sulfonamides is 1. The standard InChI is InChI=1S/C16H20N2O5S/c1-22-13-7-5-12(6-8-13)15(18-24(2,20)21)10-16(19)17-11-14-4-3-9-23-14/h3-9,15,18H,10-11H2,1-2H3,(H,17,19)/t15-/m0/s1. The molecule has 2 aromatic rings. The normalized spacial score (nSPS) is 12.6. The average Bonchev–Trinajstić information content (AvgIpc) is 3.04. The van der Waals surface area contributed by atoms with Gasteiger partial charge in [0.25, 0.3) is 0 Å². The highest BCUT2D eigenvalue weighted by molar-refractivity contribution is 7.88. The van der Waals surface area contributed by atoms with Gasteiger partial charge in [0.2, 0.25) is 15.9 Å². The van der Waals surface area contributed by atoms with Crippen LogP contribution < -0.4 is 14.8 Å².